The van der Waals surface area contributed by atoms with E-state index in [1.165, 1.54) is 17.1 Å². The van der Waals surface area contributed by atoms with Gasteiger partial charge in [0.05, 0.1) is 6.61 Å². The molecule has 102 valence electrons. The van der Waals surface area contributed by atoms with Gasteiger partial charge in [-0.3, -0.25) is 9.59 Å². The molecule has 0 saturated heterocycles. The Labute approximate surface area is 113 Å². The highest BCUT2D eigenvalue weighted by molar-refractivity contribution is 6.07. The maximum Gasteiger partial charge on any atom is 0.246 e. The van der Waals surface area contributed by atoms with Crippen LogP contribution in [0.4, 0.5) is 0 Å². The van der Waals surface area contributed by atoms with Crippen LogP contribution in [-0.4, -0.2) is 36.8 Å². The molecule has 1 aromatic rings. The lowest BCUT2D eigenvalue weighted by Crippen LogP contribution is -2.24. The van der Waals surface area contributed by atoms with Gasteiger partial charge in [0.15, 0.2) is 5.78 Å². The zero-order chi connectivity index (χ0) is 14.3. The normalized spacial score (nSPS) is 10.5. The quantitative estimate of drug-likeness (QED) is 0.583. The summed E-state index contributed by atoms with van der Waals surface area (Å²) in [5.41, 5.74) is 0.534. The third-order valence-electron chi connectivity index (χ3n) is 2.68. The van der Waals surface area contributed by atoms with Gasteiger partial charge in [0.2, 0.25) is 5.91 Å². The average molecular weight is 261 g/mol. The predicted octanol–water partition coefficient (Wildman–Crippen LogP) is 2.30. The van der Waals surface area contributed by atoms with E-state index in [2.05, 4.69) is 0 Å². The van der Waals surface area contributed by atoms with Crippen molar-refractivity contribution in [1.82, 2.24) is 4.90 Å². The van der Waals surface area contributed by atoms with Crippen molar-refractivity contribution in [3.05, 3.63) is 42.0 Å². The number of benzene rings is 1. The zero-order valence-electron chi connectivity index (χ0n) is 11.6. The van der Waals surface area contributed by atoms with Crippen LogP contribution in [0.15, 0.2) is 36.4 Å². The molecule has 1 amide bonds. The maximum atomic E-state index is 11.8. The van der Waals surface area contributed by atoms with Gasteiger partial charge >= 0.3 is 0 Å². The first-order valence-corrected chi connectivity index (χ1v) is 6.28. The molecule has 4 heteroatoms. The molecule has 0 aliphatic rings. The molecule has 0 atom stereocenters. The minimum Gasteiger partial charge on any atom is -0.494 e. The highest BCUT2D eigenvalue weighted by Gasteiger charge is 2.05. The average Bonchev–Trinajstić information content (AvgIpc) is 2.44. The van der Waals surface area contributed by atoms with E-state index in [1.54, 1.807) is 31.3 Å². The summed E-state index contributed by atoms with van der Waals surface area (Å²) in [6.07, 6.45) is 2.59. The van der Waals surface area contributed by atoms with Gasteiger partial charge in [-0.15, -0.1) is 0 Å². The summed E-state index contributed by atoms with van der Waals surface area (Å²) in [6, 6.07) is 6.85. The lowest BCUT2D eigenvalue weighted by Gasteiger charge is -2.10. The zero-order valence-corrected chi connectivity index (χ0v) is 11.6. The Balaban J connectivity index is 2.67. The molecule has 1 aromatic carbocycles. The number of hydrogen-bond donors (Lipinski definition) is 0. The highest BCUT2D eigenvalue weighted by atomic mass is 16.5. The van der Waals surface area contributed by atoms with Crippen LogP contribution in [0.3, 0.4) is 0 Å². The van der Waals surface area contributed by atoms with Crippen LogP contribution in [0, 0.1) is 0 Å². The molecule has 0 bridgehead atoms. The van der Waals surface area contributed by atoms with Crippen molar-refractivity contribution < 1.29 is 14.3 Å². The first-order chi connectivity index (χ1) is 9.08. The molecule has 19 heavy (non-hydrogen) atoms. The van der Waals surface area contributed by atoms with Gasteiger partial charge in [0.1, 0.15) is 5.75 Å². The van der Waals surface area contributed by atoms with Gasteiger partial charge in [-0.2, -0.15) is 0 Å². The number of rotatable bonds is 6. The van der Waals surface area contributed by atoms with Crippen molar-refractivity contribution in [2.45, 2.75) is 13.8 Å². The molecule has 0 spiro atoms. The van der Waals surface area contributed by atoms with Gasteiger partial charge in [-0.1, -0.05) is 0 Å². The first kappa shape index (κ1) is 15.0. The number of carbonyl (C=O) groups is 2. The number of ether oxygens (including phenoxy) is 1. The molecule has 0 N–H and O–H groups in total. The van der Waals surface area contributed by atoms with E-state index in [9.17, 15) is 9.59 Å². The predicted molar refractivity (Wildman–Crippen MR) is 74.4 cm³/mol. The third-order valence-corrected chi connectivity index (χ3v) is 2.68. The second-order valence-electron chi connectivity index (χ2n) is 4.01. The number of amides is 1. The molecule has 0 heterocycles. The van der Waals surface area contributed by atoms with Crippen LogP contribution in [0.25, 0.3) is 0 Å². The van der Waals surface area contributed by atoms with E-state index in [0.717, 1.165) is 5.75 Å². The maximum absolute atomic E-state index is 11.8. The lowest BCUT2D eigenvalue weighted by molar-refractivity contribution is -0.124. The summed E-state index contributed by atoms with van der Waals surface area (Å²) in [5.74, 6) is 0.354. The van der Waals surface area contributed by atoms with Gasteiger partial charge < -0.3 is 9.64 Å². The summed E-state index contributed by atoms with van der Waals surface area (Å²) >= 11 is 0. The lowest BCUT2D eigenvalue weighted by atomic mass is 10.1. The Kier molecular flexibility index (Phi) is 5.79. The number of ketones is 1. The van der Waals surface area contributed by atoms with E-state index < -0.39 is 0 Å². The Morgan fingerprint density at radius 1 is 1.16 bits per heavy atom. The van der Waals surface area contributed by atoms with Gasteiger partial charge in [0, 0.05) is 25.2 Å². The van der Waals surface area contributed by atoms with E-state index in [0.29, 0.717) is 18.7 Å². The number of allylic oxidation sites excluding steroid dienone is 1. The molecule has 0 fully saturated rings. The fourth-order valence-electron chi connectivity index (χ4n) is 1.41. The fourth-order valence-corrected chi connectivity index (χ4v) is 1.41. The fraction of sp³-hybridized carbons (Fsp3) is 0.333. The SMILES string of the molecule is CCOc1ccc(C(=O)/C=C/C(=O)N(C)CC)cc1. The molecular formula is C15H19NO3. The Morgan fingerprint density at radius 3 is 2.32 bits per heavy atom. The van der Waals surface area contributed by atoms with Crippen molar-refractivity contribution in [2.75, 3.05) is 20.2 Å². The Bertz CT molecular complexity index is 463. The van der Waals surface area contributed by atoms with Crippen molar-refractivity contribution >= 4 is 11.7 Å². The van der Waals surface area contributed by atoms with Crippen molar-refractivity contribution in [2.24, 2.45) is 0 Å². The molecule has 0 aliphatic heterocycles. The summed E-state index contributed by atoms with van der Waals surface area (Å²) in [4.78, 5) is 24.9. The number of hydrogen-bond acceptors (Lipinski definition) is 3. The standard InChI is InChI=1S/C15H19NO3/c1-4-16(3)15(18)11-10-14(17)12-6-8-13(9-7-12)19-5-2/h6-11H,4-5H2,1-3H3/b11-10+. The molecule has 0 radical (unpaired) electrons. The second kappa shape index (κ2) is 7.36. The third kappa shape index (κ3) is 4.58. The summed E-state index contributed by atoms with van der Waals surface area (Å²) in [7, 11) is 1.69. The largest absolute Gasteiger partial charge is 0.494 e. The second-order valence-corrected chi connectivity index (χ2v) is 4.01. The number of carbonyl (C=O) groups excluding carboxylic acids is 2. The summed E-state index contributed by atoms with van der Waals surface area (Å²) < 4.78 is 5.29. The minimum absolute atomic E-state index is 0.179. The molecule has 0 aliphatic carbocycles. The highest BCUT2D eigenvalue weighted by Crippen LogP contribution is 2.12. The monoisotopic (exact) mass is 261 g/mol. The van der Waals surface area contributed by atoms with Gasteiger partial charge in [-0.05, 0) is 44.2 Å². The van der Waals surface area contributed by atoms with Crippen LogP contribution >= 0.6 is 0 Å². The van der Waals surface area contributed by atoms with Gasteiger partial charge in [0.25, 0.3) is 0 Å². The summed E-state index contributed by atoms with van der Waals surface area (Å²) in [6.45, 7) is 4.98. The summed E-state index contributed by atoms with van der Waals surface area (Å²) in [5, 5.41) is 0. The first-order valence-electron chi connectivity index (χ1n) is 6.28. The Morgan fingerprint density at radius 2 is 1.79 bits per heavy atom. The van der Waals surface area contributed by atoms with Crippen molar-refractivity contribution in [3.63, 3.8) is 0 Å². The topological polar surface area (TPSA) is 46.6 Å². The van der Waals surface area contributed by atoms with E-state index in [-0.39, 0.29) is 11.7 Å². The smallest absolute Gasteiger partial charge is 0.246 e. The van der Waals surface area contributed by atoms with Crippen LogP contribution in [0.1, 0.15) is 24.2 Å². The molecule has 0 unspecified atom stereocenters. The molecule has 4 nitrogen and oxygen atoms in total. The van der Waals surface area contributed by atoms with Crippen LogP contribution < -0.4 is 4.74 Å². The van der Waals surface area contributed by atoms with Crippen molar-refractivity contribution in [3.8, 4) is 5.75 Å². The molecule has 1 rings (SSSR count). The van der Waals surface area contributed by atoms with E-state index in [1.807, 2.05) is 13.8 Å². The van der Waals surface area contributed by atoms with Crippen LogP contribution in [-0.2, 0) is 4.79 Å². The number of nitrogens with zero attached hydrogens (tertiary/aromatic N) is 1. The van der Waals surface area contributed by atoms with Gasteiger partial charge in [-0.25, -0.2) is 0 Å². The molecule has 0 saturated carbocycles. The van der Waals surface area contributed by atoms with Crippen LogP contribution in [0.2, 0.25) is 0 Å². The van der Waals surface area contributed by atoms with E-state index in [4.69, 9.17) is 4.74 Å². The number of likely N-dealkylation sites (N-methyl/N-ethyl adjacent to an activating group) is 1. The Hall–Kier alpha value is -2.10. The molecule has 0 aromatic heterocycles. The van der Waals surface area contributed by atoms with E-state index >= 15 is 0 Å². The van der Waals surface area contributed by atoms with Crippen LogP contribution in [0.5, 0.6) is 5.75 Å². The minimum atomic E-state index is -0.194. The van der Waals surface area contributed by atoms with Crippen molar-refractivity contribution in [1.29, 1.82) is 0 Å². The molecular weight excluding hydrogens is 242 g/mol.